The lowest BCUT2D eigenvalue weighted by molar-refractivity contribution is -0.144. The average molecular weight is 478 g/mol. The fraction of sp³-hybridized carbons (Fsp3) is 0.0909. The first kappa shape index (κ1) is 23.0. The van der Waals surface area contributed by atoms with Crippen LogP contribution in [0.3, 0.4) is 0 Å². The highest BCUT2D eigenvalue weighted by atomic mass is 19.4. The third-order valence-electron chi connectivity index (χ3n) is 4.71. The van der Waals surface area contributed by atoms with Gasteiger partial charge in [-0.3, -0.25) is 9.59 Å². The molecule has 174 valence electrons. The summed E-state index contributed by atoms with van der Waals surface area (Å²) in [4.78, 5) is 25.4. The van der Waals surface area contributed by atoms with E-state index in [1.165, 1.54) is 48.5 Å². The van der Waals surface area contributed by atoms with Gasteiger partial charge in [0.15, 0.2) is 11.4 Å². The molecule has 6 nitrogen and oxygen atoms in total. The Hall–Kier alpha value is -4.22. The van der Waals surface area contributed by atoms with E-state index in [2.05, 4.69) is 10.2 Å². The highest BCUT2D eigenvalue weighted by Crippen LogP contribution is 2.34. The molecule has 0 unspecified atom stereocenters. The molecule has 0 N–H and O–H groups in total. The van der Waals surface area contributed by atoms with Crippen LogP contribution in [0.15, 0.2) is 72.8 Å². The molecule has 0 atom stereocenters. The van der Waals surface area contributed by atoms with Crippen molar-refractivity contribution in [3.05, 3.63) is 84.2 Å². The summed E-state index contributed by atoms with van der Waals surface area (Å²) < 4.78 is 80.9. The summed E-state index contributed by atoms with van der Waals surface area (Å²) in [6.07, 6.45) is -10.2. The molecule has 4 rings (SSSR count). The fourth-order valence-corrected chi connectivity index (χ4v) is 3.16. The third-order valence-corrected chi connectivity index (χ3v) is 4.71. The van der Waals surface area contributed by atoms with Crippen molar-refractivity contribution in [1.82, 2.24) is 19.6 Å². The van der Waals surface area contributed by atoms with Gasteiger partial charge in [0, 0.05) is 11.1 Å². The van der Waals surface area contributed by atoms with Crippen LogP contribution in [0.25, 0.3) is 22.5 Å². The second kappa shape index (κ2) is 8.28. The maximum atomic E-state index is 13.6. The quantitative estimate of drug-likeness (QED) is 0.285. The summed E-state index contributed by atoms with van der Waals surface area (Å²) in [5.74, 6) is -3.91. The van der Waals surface area contributed by atoms with Gasteiger partial charge < -0.3 is 0 Å². The van der Waals surface area contributed by atoms with E-state index >= 15 is 0 Å². The molecule has 2 aromatic heterocycles. The summed E-state index contributed by atoms with van der Waals surface area (Å²) >= 11 is 0. The van der Waals surface area contributed by atoms with Crippen LogP contribution in [0.1, 0.15) is 21.0 Å². The van der Waals surface area contributed by atoms with Gasteiger partial charge in [-0.05, 0) is 12.1 Å². The summed E-state index contributed by atoms with van der Waals surface area (Å²) in [5, 5.41) is 7.11. The van der Waals surface area contributed by atoms with Crippen LogP contribution >= 0.6 is 0 Å². The summed E-state index contributed by atoms with van der Waals surface area (Å²) in [7, 11) is 0. The third kappa shape index (κ3) is 4.34. The van der Waals surface area contributed by atoms with E-state index in [9.17, 15) is 35.9 Å². The van der Waals surface area contributed by atoms with Crippen LogP contribution in [-0.2, 0) is 12.4 Å². The number of halogens is 6. The standard InChI is InChI=1S/C22H12F6N4O2/c23-21(24,25)17-11-15(13-7-3-1-4-8-13)29-31(17)19(33)20(34)32-18(22(26,27)28)12-16(30-32)14-9-5-2-6-10-14/h1-12H. The Kier molecular flexibility index (Phi) is 5.59. The zero-order valence-corrected chi connectivity index (χ0v) is 16.8. The van der Waals surface area contributed by atoms with Gasteiger partial charge in [-0.15, -0.1) is 0 Å². The molecular formula is C22H12F6N4O2. The van der Waals surface area contributed by atoms with Crippen molar-refractivity contribution in [3.8, 4) is 22.5 Å². The first-order valence-electron chi connectivity index (χ1n) is 9.51. The topological polar surface area (TPSA) is 69.8 Å². The van der Waals surface area contributed by atoms with Crippen molar-refractivity contribution in [3.63, 3.8) is 0 Å². The summed E-state index contributed by atoms with van der Waals surface area (Å²) in [6, 6.07) is 16.0. The first-order chi connectivity index (χ1) is 16.0. The van der Waals surface area contributed by atoms with E-state index < -0.39 is 35.6 Å². The molecule has 0 amide bonds. The molecule has 0 aliphatic carbocycles. The minimum atomic E-state index is -5.12. The number of hydrogen-bond donors (Lipinski definition) is 0. The van der Waals surface area contributed by atoms with Crippen molar-refractivity contribution in [2.24, 2.45) is 0 Å². The van der Waals surface area contributed by atoms with Gasteiger partial charge >= 0.3 is 24.2 Å². The maximum absolute atomic E-state index is 13.6. The molecule has 0 saturated heterocycles. The number of alkyl halides is 6. The monoisotopic (exact) mass is 478 g/mol. The van der Waals surface area contributed by atoms with Crippen molar-refractivity contribution in [2.75, 3.05) is 0 Å². The molecule has 12 heteroatoms. The predicted molar refractivity (Wildman–Crippen MR) is 107 cm³/mol. The second-order valence-electron chi connectivity index (χ2n) is 6.99. The molecule has 0 aliphatic heterocycles. The molecule has 0 saturated carbocycles. The zero-order valence-electron chi connectivity index (χ0n) is 16.8. The number of rotatable bonds is 2. The highest BCUT2D eigenvalue weighted by Gasteiger charge is 2.42. The molecule has 2 heterocycles. The van der Waals surface area contributed by atoms with Crippen LogP contribution in [0.2, 0.25) is 0 Å². The van der Waals surface area contributed by atoms with Crippen LogP contribution in [0.4, 0.5) is 26.3 Å². The Balaban J connectivity index is 1.81. The summed E-state index contributed by atoms with van der Waals surface area (Å²) in [5.41, 5.74) is -3.42. The molecule has 2 aromatic carbocycles. The smallest absolute Gasteiger partial charge is 0.261 e. The normalized spacial score (nSPS) is 12.1. The zero-order chi connectivity index (χ0) is 24.7. The average Bonchev–Trinajstić information content (AvgIpc) is 3.45. The Bertz CT molecular complexity index is 1250. The number of carbonyl (C=O) groups is 2. The van der Waals surface area contributed by atoms with E-state index in [4.69, 9.17) is 0 Å². The molecule has 0 bridgehead atoms. The lowest BCUT2D eigenvalue weighted by atomic mass is 10.1. The van der Waals surface area contributed by atoms with Crippen LogP contribution < -0.4 is 0 Å². The van der Waals surface area contributed by atoms with Gasteiger partial charge in [0.05, 0.1) is 11.4 Å². The van der Waals surface area contributed by atoms with Gasteiger partial charge in [0.2, 0.25) is 0 Å². The second-order valence-corrected chi connectivity index (χ2v) is 6.99. The van der Waals surface area contributed by atoms with Crippen molar-refractivity contribution < 1.29 is 35.9 Å². The lowest BCUT2D eigenvalue weighted by Gasteiger charge is -2.10. The Morgan fingerprint density at radius 1 is 0.588 bits per heavy atom. The molecule has 0 fully saturated rings. The van der Waals surface area contributed by atoms with Gasteiger partial charge in [-0.1, -0.05) is 60.7 Å². The van der Waals surface area contributed by atoms with E-state index in [1.54, 1.807) is 12.1 Å². The fourth-order valence-electron chi connectivity index (χ4n) is 3.16. The number of aromatic nitrogens is 4. The molecular weight excluding hydrogens is 466 g/mol. The Labute approximate surface area is 187 Å². The van der Waals surface area contributed by atoms with E-state index in [0.29, 0.717) is 12.1 Å². The molecule has 4 aromatic rings. The van der Waals surface area contributed by atoms with Crippen molar-refractivity contribution in [2.45, 2.75) is 12.4 Å². The SMILES string of the molecule is O=C(C(=O)n1nc(-c2ccccc2)cc1C(F)(F)F)n1nc(-c2ccccc2)cc1C(F)(F)F. The Morgan fingerprint density at radius 2 is 0.912 bits per heavy atom. The number of nitrogens with zero attached hydrogens (tertiary/aromatic N) is 4. The Morgan fingerprint density at radius 3 is 1.21 bits per heavy atom. The van der Waals surface area contributed by atoms with Gasteiger partial charge in [0.25, 0.3) is 0 Å². The van der Waals surface area contributed by atoms with E-state index in [0.717, 1.165) is 0 Å². The van der Waals surface area contributed by atoms with Crippen LogP contribution in [-0.4, -0.2) is 31.4 Å². The van der Waals surface area contributed by atoms with Crippen molar-refractivity contribution >= 4 is 11.8 Å². The van der Waals surface area contributed by atoms with E-state index in [1.807, 2.05) is 0 Å². The van der Waals surface area contributed by atoms with Crippen LogP contribution in [0.5, 0.6) is 0 Å². The first-order valence-corrected chi connectivity index (χ1v) is 9.51. The van der Waals surface area contributed by atoms with E-state index in [-0.39, 0.29) is 31.9 Å². The molecule has 0 aliphatic rings. The lowest BCUT2D eigenvalue weighted by Crippen LogP contribution is -2.34. The van der Waals surface area contributed by atoms with Gasteiger partial charge in [-0.2, -0.15) is 45.9 Å². The van der Waals surface area contributed by atoms with Gasteiger partial charge in [-0.25, -0.2) is 0 Å². The minimum Gasteiger partial charge on any atom is -0.261 e. The van der Waals surface area contributed by atoms with Gasteiger partial charge in [0.1, 0.15) is 0 Å². The summed E-state index contributed by atoms with van der Waals surface area (Å²) in [6.45, 7) is 0. The van der Waals surface area contributed by atoms with Crippen LogP contribution in [0, 0.1) is 0 Å². The minimum absolute atomic E-state index is 0.202. The molecule has 34 heavy (non-hydrogen) atoms. The molecule has 0 radical (unpaired) electrons. The predicted octanol–water partition coefficient (Wildman–Crippen LogP) is 5.43. The highest BCUT2D eigenvalue weighted by molar-refractivity contribution is 6.36. The largest absolute Gasteiger partial charge is 0.433 e. The number of benzene rings is 2. The number of hydrogen-bond acceptors (Lipinski definition) is 4. The number of carbonyl (C=O) groups excluding carboxylic acids is 2. The maximum Gasteiger partial charge on any atom is 0.433 e. The van der Waals surface area contributed by atoms with Crippen molar-refractivity contribution in [1.29, 1.82) is 0 Å². The molecule has 0 spiro atoms.